The number of esters is 1. The number of phenols is 1. The number of nitrogens with zero attached hydrogens (tertiary/aromatic N) is 1. The van der Waals surface area contributed by atoms with Crippen LogP contribution in [0.2, 0.25) is 0 Å². The Kier molecular flexibility index (Phi) is 5.24. The number of methoxy groups -OCH3 is 1. The molecule has 0 aromatic heterocycles. The Morgan fingerprint density at radius 2 is 1.91 bits per heavy atom. The average molecular weight is 449 g/mol. The Balaban J connectivity index is 1.64. The molecule has 1 saturated heterocycles. The fourth-order valence-electron chi connectivity index (χ4n) is 7.84. The Morgan fingerprint density at radius 1 is 1.15 bits per heavy atom. The standard InChI is InChI=1S/C28H36N2O3/c1-5-28-18-19-16-23(29-22-11-7-6-10-20(22)25(32)33-4)24(31)17-21(19)27(14-15-30(28)3)13-9-8-12-26(27,28)2/h6-7,10-11,16-17,29,31H,5,8-9,12-15,18H2,1-4H3/t26-,27+,28?/m0/s1. The van der Waals surface area contributed by atoms with E-state index >= 15 is 0 Å². The molecular formula is C28H36N2O3. The fourth-order valence-corrected chi connectivity index (χ4v) is 7.84. The van der Waals surface area contributed by atoms with Crippen LogP contribution in [-0.2, 0) is 16.6 Å². The molecule has 2 aromatic carbocycles. The molecule has 5 heteroatoms. The average Bonchev–Trinajstić information content (AvgIpc) is 2.82. The van der Waals surface area contributed by atoms with Crippen molar-refractivity contribution in [3.63, 3.8) is 0 Å². The van der Waals surface area contributed by atoms with Crippen LogP contribution < -0.4 is 5.32 Å². The molecule has 1 aliphatic heterocycles. The van der Waals surface area contributed by atoms with Crippen LogP contribution in [0, 0.1) is 5.41 Å². The van der Waals surface area contributed by atoms with Crippen molar-refractivity contribution < 1.29 is 14.6 Å². The summed E-state index contributed by atoms with van der Waals surface area (Å²) in [4.78, 5) is 14.9. The molecule has 2 bridgehead atoms. The summed E-state index contributed by atoms with van der Waals surface area (Å²) >= 11 is 0. The largest absolute Gasteiger partial charge is 0.506 e. The van der Waals surface area contributed by atoms with Gasteiger partial charge < -0.3 is 15.2 Å². The van der Waals surface area contributed by atoms with Crippen LogP contribution in [-0.4, -0.2) is 42.2 Å². The highest BCUT2D eigenvalue weighted by molar-refractivity contribution is 5.96. The Hall–Kier alpha value is -2.53. The van der Waals surface area contributed by atoms with Gasteiger partial charge in [-0.2, -0.15) is 0 Å². The van der Waals surface area contributed by atoms with Gasteiger partial charge in [0.1, 0.15) is 5.75 Å². The summed E-state index contributed by atoms with van der Waals surface area (Å²) in [6.07, 6.45) is 8.25. The topological polar surface area (TPSA) is 61.8 Å². The number of carbonyl (C=O) groups excluding carboxylic acids is 1. The lowest BCUT2D eigenvalue weighted by Gasteiger charge is -2.71. The van der Waals surface area contributed by atoms with E-state index in [1.165, 1.54) is 43.9 Å². The van der Waals surface area contributed by atoms with Gasteiger partial charge in [-0.05, 0) is 86.5 Å². The first-order valence-corrected chi connectivity index (χ1v) is 12.3. The third-order valence-corrected chi connectivity index (χ3v) is 9.62. The molecule has 2 aromatic rings. The van der Waals surface area contributed by atoms with Crippen LogP contribution in [0.4, 0.5) is 11.4 Å². The number of hydrogen-bond acceptors (Lipinski definition) is 5. The Morgan fingerprint density at radius 3 is 2.67 bits per heavy atom. The maximum atomic E-state index is 12.3. The van der Waals surface area contributed by atoms with Gasteiger partial charge in [-0.15, -0.1) is 0 Å². The molecule has 0 amide bonds. The highest BCUT2D eigenvalue weighted by Gasteiger charge is 2.66. The van der Waals surface area contributed by atoms with Crippen molar-refractivity contribution >= 4 is 17.3 Å². The lowest BCUT2D eigenvalue weighted by molar-refractivity contribution is -0.143. The van der Waals surface area contributed by atoms with Gasteiger partial charge in [0.05, 0.1) is 24.0 Å². The van der Waals surface area contributed by atoms with Crippen molar-refractivity contribution in [2.75, 3.05) is 26.0 Å². The predicted octanol–water partition coefficient (Wildman–Crippen LogP) is 5.78. The van der Waals surface area contributed by atoms with Gasteiger partial charge in [-0.3, -0.25) is 4.90 Å². The summed E-state index contributed by atoms with van der Waals surface area (Å²) in [5.41, 5.74) is 4.86. The van der Waals surface area contributed by atoms with Crippen molar-refractivity contribution in [1.29, 1.82) is 0 Å². The summed E-state index contributed by atoms with van der Waals surface area (Å²) in [6, 6.07) is 11.4. The first kappa shape index (κ1) is 22.3. The molecule has 2 N–H and O–H groups in total. The molecule has 176 valence electrons. The molecule has 3 atom stereocenters. The summed E-state index contributed by atoms with van der Waals surface area (Å²) < 4.78 is 4.95. The van der Waals surface area contributed by atoms with Crippen LogP contribution >= 0.6 is 0 Å². The molecular weight excluding hydrogens is 412 g/mol. The molecule has 2 fully saturated rings. The molecule has 33 heavy (non-hydrogen) atoms. The van der Waals surface area contributed by atoms with Crippen molar-refractivity contribution in [3.8, 4) is 5.75 Å². The number of hydrogen-bond donors (Lipinski definition) is 2. The van der Waals surface area contributed by atoms with E-state index in [-0.39, 0.29) is 22.1 Å². The third-order valence-electron chi connectivity index (χ3n) is 9.62. The van der Waals surface area contributed by atoms with Crippen LogP contribution in [0.3, 0.4) is 0 Å². The highest BCUT2D eigenvalue weighted by Crippen LogP contribution is 2.68. The number of benzene rings is 2. The molecule has 0 radical (unpaired) electrons. The van der Waals surface area contributed by atoms with E-state index in [0.29, 0.717) is 16.9 Å². The maximum absolute atomic E-state index is 12.3. The van der Waals surface area contributed by atoms with E-state index < -0.39 is 5.97 Å². The molecule has 1 unspecified atom stereocenters. The van der Waals surface area contributed by atoms with E-state index in [0.717, 1.165) is 25.8 Å². The first-order valence-electron chi connectivity index (χ1n) is 12.3. The van der Waals surface area contributed by atoms with E-state index in [2.05, 4.69) is 37.2 Å². The lowest BCUT2D eigenvalue weighted by Crippen LogP contribution is -2.73. The molecule has 1 heterocycles. The van der Waals surface area contributed by atoms with Gasteiger partial charge in [0.15, 0.2) is 0 Å². The van der Waals surface area contributed by atoms with Crippen LogP contribution in [0.15, 0.2) is 36.4 Å². The predicted molar refractivity (Wildman–Crippen MR) is 131 cm³/mol. The molecule has 0 spiro atoms. The van der Waals surface area contributed by atoms with E-state index in [9.17, 15) is 9.90 Å². The smallest absolute Gasteiger partial charge is 0.339 e. The minimum absolute atomic E-state index is 0.112. The zero-order valence-corrected chi connectivity index (χ0v) is 20.3. The second kappa shape index (κ2) is 7.76. The zero-order valence-electron chi connectivity index (χ0n) is 20.3. The minimum Gasteiger partial charge on any atom is -0.506 e. The molecule has 5 rings (SSSR count). The van der Waals surface area contributed by atoms with Crippen molar-refractivity contribution in [3.05, 3.63) is 53.1 Å². The van der Waals surface area contributed by atoms with Crippen molar-refractivity contribution in [2.24, 2.45) is 5.41 Å². The van der Waals surface area contributed by atoms with Gasteiger partial charge in [-0.25, -0.2) is 4.79 Å². The number of para-hydroxylation sites is 1. The van der Waals surface area contributed by atoms with Crippen LogP contribution in [0.25, 0.3) is 0 Å². The fraction of sp³-hybridized carbons (Fsp3) is 0.536. The number of fused-ring (bicyclic) bond motifs is 1. The summed E-state index contributed by atoms with van der Waals surface area (Å²) in [5.74, 6) is -0.146. The quantitative estimate of drug-likeness (QED) is 0.458. The molecule has 2 aliphatic carbocycles. The number of rotatable bonds is 4. The number of anilines is 2. The number of aromatic hydroxyl groups is 1. The second-order valence-corrected chi connectivity index (χ2v) is 10.5. The number of likely N-dealkylation sites (N-methyl/N-ethyl adjacent to an activating group) is 1. The van der Waals surface area contributed by atoms with Crippen molar-refractivity contribution in [1.82, 2.24) is 4.90 Å². The normalized spacial score (nSPS) is 30.8. The monoisotopic (exact) mass is 448 g/mol. The number of nitrogens with one attached hydrogen (secondary N) is 1. The SMILES string of the molecule is CCC12Cc3cc(Nc4ccccc4C(=O)OC)c(O)cc3[C@@]3(CCCC[C@]13C)CCN2C. The van der Waals surface area contributed by atoms with Crippen molar-refractivity contribution in [2.45, 2.75) is 69.7 Å². The van der Waals surface area contributed by atoms with E-state index in [1.807, 2.05) is 24.3 Å². The first-order chi connectivity index (χ1) is 15.8. The van der Waals surface area contributed by atoms with Gasteiger partial charge in [0, 0.05) is 11.0 Å². The summed E-state index contributed by atoms with van der Waals surface area (Å²) in [5, 5.41) is 14.5. The Labute approximate surface area is 197 Å². The summed E-state index contributed by atoms with van der Waals surface area (Å²) in [6.45, 7) is 5.99. The van der Waals surface area contributed by atoms with Gasteiger partial charge in [-0.1, -0.05) is 38.8 Å². The number of carbonyl (C=O) groups is 1. The van der Waals surface area contributed by atoms with Crippen LogP contribution in [0.1, 0.15) is 73.9 Å². The number of ether oxygens (including phenoxy) is 1. The number of likely N-dealkylation sites (tertiary alicyclic amines) is 1. The van der Waals surface area contributed by atoms with E-state index in [4.69, 9.17) is 4.74 Å². The number of phenolic OH excluding ortho intramolecular Hbond substituents is 1. The molecule has 1 saturated carbocycles. The highest BCUT2D eigenvalue weighted by atomic mass is 16.5. The zero-order chi connectivity index (χ0) is 23.4. The van der Waals surface area contributed by atoms with Crippen LogP contribution in [0.5, 0.6) is 5.75 Å². The van der Waals surface area contributed by atoms with Gasteiger partial charge in [0.2, 0.25) is 0 Å². The summed E-state index contributed by atoms with van der Waals surface area (Å²) in [7, 11) is 3.69. The van der Waals surface area contributed by atoms with Gasteiger partial charge in [0.25, 0.3) is 0 Å². The Bertz CT molecular complexity index is 1100. The van der Waals surface area contributed by atoms with E-state index in [1.54, 1.807) is 6.07 Å². The number of piperidine rings is 1. The minimum atomic E-state index is -0.395. The van der Waals surface area contributed by atoms with Gasteiger partial charge >= 0.3 is 5.97 Å². The maximum Gasteiger partial charge on any atom is 0.339 e. The third kappa shape index (κ3) is 2.91. The lowest BCUT2D eigenvalue weighted by atomic mass is 9.40. The second-order valence-electron chi connectivity index (χ2n) is 10.5. The molecule has 3 aliphatic rings. The molecule has 5 nitrogen and oxygen atoms in total.